The van der Waals surface area contributed by atoms with Gasteiger partial charge in [0.2, 0.25) is 5.91 Å². The molecular formula is C15H17N3O4. The van der Waals surface area contributed by atoms with Crippen molar-refractivity contribution in [2.75, 3.05) is 5.32 Å². The second kappa shape index (κ2) is 6.38. The van der Waals surface area contributed by atoms with Crippen molar-refractivity contribution < 1.29 is 19.2 Å². The van der Waals surface area contributed by atoms with Gasteiger partial charge in [0.05, 0.1) is 11.3 Å². The Morgan fingerprint density at radius 3 is 2.73 bits per heavy atom. The molecule has 2 rings (SSSR count). The summed E-state index contributed by atoms with van der Waals surface area (Å²) in [6.07, 6.45) is 1.57. The first kappa shape index (κ1) is 15.7. The van der Waals surface area contributed by atoms with E-state index in [0.717, 1.165) is 11.3 Å². The second-order valence-electron chi connectivity index (χ2n) is 5.13. The SMILES string of the molecule is Cc1noc(C)c1C(C)CC(=O)Nc1cc(C(=O)O)ccn1. The molecule has 1 atom stereocenters. The number of nitrogens with one attached hydrogen (secondary N) is 1. The van der Waals surface area contributed by atoms with Gasteiger partial charge < -0.3 is 14.9 Å². The first-order chi connectivity index (χ1) is 10.4. The van der Waals surface area contributed by atoms with E-state index in [2.05, 4.69) is 15.5 Å². The number of carboxylic acid groups (broad SMARTS) is 1. The molecule has 0 aliphatic heterocycles. The van der Waals surface area contributed by atoms with Crippen molar-refractivity contribution in [2.24, 2.45) is 0 Å². The van der Waals surface area contributed by atoms with E-state index in [1.807, 2.05) is 20.8 Å². The van der Waals surface area contributed by atoms with Gasteiger partial charge in [-0.25, -0.2) is 9.78 Å². The summed E-state index contributed by atoms with van der Waals surface area (Å²) in [5.74, 6) is -0.460. The Hall–Kier alpha value is -2.70. The molecule has 0 aliphatic carbocycles. The van der Waals surface area contributed by atoms with Gasteiger partial charge in [0.1, 0.15) is 11.6 Å². The van der Waals surface area contributed by atoms with Crippen molar-refractivity contribution in [1.82, 2.24) is 10.1 Å². The predicted molar refractivity (Wildman–Crippen MR) is 78.8 cm³/mol. The summed E-state index contributed by atoms with van der Waals surface area (Å²) in [5, 5.41) is 15.4. The largest absolute Gasteiger partial charge is 0.478 e. The van der Waals surface area contributed by atoms with Gasteiger partial charge in [0.15, 0.2) is 0 Å². The molecular weight excluding hydrogens is 286 g/mol. The number of hydrogen-bond donors (Lipinski definition) is 2. The molecule has 7 heteroatoms. The molecule has 2 aromatic heterocycles. The number of anilines is 1. The molecule has 22 heavy (non-hydrogen) atoms. The molecule has 1 unspecified atom stereocenters. The van der Waals surface area contributed by atoms with Gasteiger partial charge in [-0.1, -0.05) is 12.1 Å². The van der Waals surface area contributed by atoms with E-state index in [4.69, 9.17) is 9.63 Å². The number of carbonyl (C=O) groups excluding carboxylic acids is 1. The Bertz CT molecular complexity index is 689. The van der Waals surface area contributed by atoms with E-state index in [1.165, 1.54) is 18.3 Å². The zero-order valence-electron chi connectivity index (χ0n) is 12.6. The van der Waals surface area contributed by atoms with Crippen molar-refractivity contribution in [3.63, 3.8) is 0 Å². The Labute approximate surface area is 127 Å². The van der Waals surface area contributed by atoms with Crippen molar-refractivity contribution in [3.05, 3.63) is 40.9 Å². The number of carboxylic acids is 1. The molecule has 7 nitrogen and oxygen atoms in total. The Kier molecular flexibility index (Phi) is 4.55. The Balaban J connectivity index is 2.04. The van der Waals surface area contributed by atoms with Crippen LogP contribution < -0.4 is 5.32 Å². The molecule has 1 amide bonds. The van der Waals surface area contributed by atoms with Crippen LogP contribution in [0.4, 0.5) is 5.82 Å². The van der Waals surface area contributed by atoms with Gasteiger partial charge >= 0.3 is 5.97 Å². The molecule has 0 saturated carbocycles. The first-order valence-corrected chi connectivity index (χ1v) is 6.80. The third-order valence-electron chi connectivity index (χ3n) is 3.35. The lowest BCUT2D eigenvalue weighted by Crippen LogP contribution is -2.16. The molecule has 2 aromatic rings. The van der Waals surface area contributed by atoms with Crippen LogP contribution in [0.1, 0.15) is 46.6 Å². The molecule has 116 valence electrons. The number of aromatic carboxylic acids is 1. The summed E-state index contributed by atoms with van der Waals surface area (Å²) < 4.78 is 5.10. The maximum atomic E-state index is 12.1. The average molecular weight is 303 g/mol. The van der Waals surface area contributed by atoms with Crippen LogP contribution in [0.5, 0.6) is 0 Å². The van der Waals surface area contributed by atoms with Gasteiger partial charge in [-0.15, -0.1) is 0 Å². The van der Waals surface area contributed by atoms with Crippen molar-refractivity contribution in [1.29, 1.82) is 0 Å². The molecule has 0 bridgehead atoms. The Morgan fingerprint density at radius 1 is 1.41 bits per heavy atom. The number of aromatic nitrogens is 2. The minimum atomic E-state index is -1.07. The highest BCUT2D eigenvalue weighted by Crippen LogP contribution is 2.26. The maximum absolute atomic E-state index is 12.1. The van der Waals surface area contributed by atoms with Crippen LogP contribution in [0.15, 0.2) is 22.9 Å². The van der Waals surface area contributed by atoms with Gasteiger partial charge in [0.25, 0.3) is 0 Å². The van der Waals surface area contributed by atoms with Gasteiger partial charge in [-0.2, -0.15) is 0 Å². The molecule has 2 N–H and O–H groups in total. The topological polar surface area (TPSA) is 105 Å². The van der Waals surface area contributed by atoms with Crippen molar-refractivity contribution in [2.45, 2.75) is 33.1 Å². The average Bonchev–Trinajstić information content (AvgIpc) is 2.78. The van der Waals surface area contributed by atoms with E-state index in [9.17, 15) is 9.59 Å². The summed E-state index contributed by atoms with van der Waals surface area (Å²) in [4.78, 5) is 26.9. The van der Waals surface area contributed by atoms with Crippen molar-refractivity contribution >= 4 is 17.7 Å². The lowest BCUT2D eigenvalue weighted by molar-refractivity contribution is -0.116. The molecule has 0 aromatic carbocycles. The highest BCUT2D eigenvalue weighted by atomic mass is 16.5. The zero-order valence-corrected chi connectivity index (χ0v) is 12.6. The first-order valence-electron chi connectivity index (χ1n) is 6.80. The smallest absolute Gasteiger partial charge is 0.335 e. The molecule has 0 aliphatic rings. The molecule has 0 saturated heterocycles. The van der Waals surface area contributed by atoms with Gasteiger partial charge in [-0.05, 0) is 31.9 Å². The van der Waals surface area contributed by atoms with E-state index in [0.29, 0.717) is 5.76 Å². The monoisotopic (exact) mass is 303 g/mol. The number of amides is 1. The summed E-state index contributed by atoms with van der Waals surface area (Å²) in [5.41, 5.74) is 1.76. The van der Waals surface area contributed by atoms with Crippen LogP contribution in [0.2, 0.25) is 0 Å². The zero-order chi connectivity index (χ0) is 16.3. The summed E-state index contributed by atoms with van der Waals surface area (Å²) in [6, 6.07) is 2.69. The molecule has 0 fully saturated rings. The fourth-order valence-electron chi connectivity index (χ4n) is 2.40. The lowest BCUT2D eigenvalue weighted by atomic mass is 9.96. The quantitative estimate of drug-likeness (QED) is 0.879. The second-order valence-corrected chi connectivity index (χ2v) is 5.13. The van der Waals surface area contributed by atoms with Crippen molar-refractivity contribution in [3.8, 4) is 0 Å². The van der Waals surface area contributed by atoms with E-state index >= 15 is 0 Å². The third-order valence-corrected chi connectivity index (χ3v) is 3.35. The fourth-order valence-corrected chi connectivity index (χ4v) is 2.40. The van der Waals surface area contributed by atoms with E-state index < -0.39 is 5.97 Å². The number of nitrogens with zero attached hydrogens (tertiary/aromatic N) is 2. The van der Waals surface area contributed by atoms with Crippen LogP contribution in [-0.4, -0.2) is 27.1 Å². The van der Waals surface area contributed by atoms with Crippen LogP contribution in [-0.2, 0) is 4.79 Å². The highest BCUT2D eigenvalue weighted by molar-refractivity contribution is 5.93. The minimum absolute atomic E-state index is 0.0612. The molecule has 2 heterocycles. The summed E-state index contributed by atoms with van der Waals surface area (Å²) in [7, 11) is 0. The van der Waals surface area contributed by atoms with Crippen LogP contribution in [0.25, 0.3) is 0 Å². The van der Waals surface area contributed by atoms with E-state index in [1.54, 1.807) is 0 Å². The highest BCUT2D eigenvalue weighted by Gasteiger charge is 2.19. The predicted octanol–water partition coefficient (Wildman–Crippen LogP) is 2.52. The molecule has 0 radical (unpaired) electrons. The van der Waals surface area contributed by atoms with Gasteiger partial charge in [-0.3, -0.25) is 4.79 Å². The third kappa shape index (κ3) is 3.49. The summed E-state index contributed by atoms with van der Waals surface area (Å²) in [6.45, 7) is 5.55. The fraction of sp³-hybridized carbons (Fsp3) is 0.333. The number of pyridine rings is 1. The lowest BCUT2D eigenvalue weighted by Gasteiger charge is -2.11. The van der Waals surface area contributed by atoms with Crippen LogP contribution in [0.3, 0.4) is 0 Å². The maximum Gasteiger partial charge on any atom is 0.335 e. The van der Waals surface area contributed by atoms with Crippen LogP contribution in [0, 0.1) is 13.8 Å². The normalized spacial score (nSPS) is 12.0. The summed E-state index contributed by atoms with van der Waals surface area (Å²) >= 11 is 0. The Morgan fingerprint density at radius 2 is 2.14 bits per heavy atom. The standard InChI is InChI=1S/C15H17N3O4/c1-8(14-9(2)18-22-10(14)3)6-13(19)17-12-7-11(15(20)21)4-5-16-12/h4-5,7-8H,6H2,1-3H3,(H,20,21)(H,16,17,19). The number of hydrogen-bond acceptors (Lipinski definition) is 5. The molecule has 0 spiro atoms. The minimum Gasteiger partial charge on any atom is -0.478 e. The number of carbonyl (C=O) groups is 2. The van der Waals surface area contributed by atoms with Gasteiger partial charge in [0, 0.05) is 18.2 Å². The number of rotatable bonds is 5. The van der Waals surface area contributed by atoms with E-state index in [-0.39, 0.29) is 29.6 Å². The van der Waals surface area contributed by atoms with Crippen LogP contribution >= 0.6 is 0 Å². The number of aryl methyl sites for hydroxylation is 2.